The molecule has 4 nitrogen and oxygen atoms in total. The van der Waals surface area contributed by atoms with Gasteiger partial charge >= 0.3 is 6.18 Å². The van der Waals surface area contributed by atoms with E-state index in [1.165, 1.54) is 0 Å². The molecule has 0 bridgehead atoms. The van der Waals surface area contributed by atoms with Crippen LogP contribution in [0.1, 0.15) is 72.5 Å². The Morgan fingerprint density at radius 1 is 1.16 bits per heavy atom. The second-order valence-electron chi connectivity index (χ2n) is 9.09. The van der Waals surface area contributed by atoms with Crippen molar-refractivity contribution in [2.24, 2.45) is 11.8 Å². The van der Waals surface area contributed by atoms with Crippen molar-refractivity contribution in [1.82, 2.24) is 15.3 Å². The first-order valence-corrected chi connectivity index (χ1v) is 12.1. The van der Waals surface area contributed by atoms with Crippen LogP contribution in [0.2, 0.25) is 0 Å². The number of hydrogen-bond donors (Lipinski definition) is 2. The topological polar surface area (TPSA) is 57.8 Å². The number of amides is 1. The molecule has 2 aliphatic carbocycles. The molecule has 0 aliphatic heterocycles. The van der Waals surface area contributed by atoms with Gasteiger partial charge in [0.25, 0.3) is 0 Å². The average Bonchev–Trinajstić information content (AvgIpc) is 3.16. The molecule has 1 amide bonds. The van der Waals surface area contributed by atoms with Crippen LogP contribution in [0, 0.1) is 11.8 Å². The van der Waals surface area contributed by atoms with E-state index in [0.29, 0.717) is 11.3 Å². The Morgan fingerprint density at radius 3 is 2.66 bits per heavy atom. The number of aromatic amines is 1. The number of carbonyl (C=O) groups is 1. The molecular weight excluding hydrogens is 435 g/mol. The third kappa shape index (κ3) is 4.56. The first-order chi connectivity index (χ1) is 15.4. The minimum absolute atomic E-state index is 0.0776. The quantitative estimate of drug-likeness (QED) is 0.436. The maximum Gasteiger partial charge on any atom is 0.425 e. The maximum atomic E-state index is 13.1. The van der Waals surface area contributed by atoms with E-state index in [1.54, 1.807) is 6.07 Å². The molecule has 2 fully saturated rings. The Bertz CT molecular complexity index is 1070. The molecule has 32 heavy (non-hydrogen) atoms. The lowest BCUT2D eigenvalue weighted by atomic mass is 9.83. The molecule has 1 aromatic carbocycles. The lowest BCUT2D eigenvalue weighted by Crippen LogP contribution is -2.34. The molecule has 2 saturated carbocycles. The zero-order valence-electron chi connectivity index (χ0n) is 17.6. The van der Waals surface area contributed by atoms with Crippen LogP contribution in [-0.2, 0) is 11.0 Å². The lowest BCUT2D eigenvalue weighted by Gasteiger charge is -2.30. The molecule has 2 aromatic heterocycles. The molecule has 0 spiro atoms. The fourth-order valence-corrected chi connectivity index (χ4v) is 6.01. The average molecular weight is 462 g/mol. The van der Waals surface area contributed by atoms with Crippen molar-refractivity contribution >= 4 is 28.3 Å². The molecule has 0 unspecified atom stereocenters. The van der Waals surface area contributed by atoms with Gasteiger partial charge in [-0.05, 0) is 55.4 Å². The van der Waals surface area contributed by atoms with Gasteiger partial charge in [0, 0.05) is 17.2 Å². The normalized spacial score (nSPS) is 22.7. The van der Waals surface area contributed by atoms with Crippen LogP contribution < -0.4 is 5.32 Å². The predicted octanol–water partition coefficient (Wildman–Crippen LogP) is 6.57. The molecule has 5 rings (SSSR count). The van der Waals surface area contributed by atoms with Gasteiger partial charge in [-0.25, -0.2) is 4.98 Å². The van der Waals surface area contributed by atoms with Crippen LogP contribution in [0.4, 0.5) is 13.2 Å². The van der Waals surface area contributed by atoms with Gasteiger partial charge in [-0.2, -0.15) is 13.2 Å². The Labute approximate surface area is 188 Å². The molecule has 170 valence electrons. The number of H-pyrrole nitrogens is 1. The number of aromatic nitrogens is 2. The van der Waals surface area contributed by atoms with E-state index in [2.05, 4.69) is 15.3 Å². The maximum absolute atomic E-state index is 13.1. The smallest absolute Gasteiger partial charge is 0.348 e. The van der Waals surface area contributed by atoms with Gasteiger partial charge in [0.05, 0.1) is 17.1 Å². The van der Waals surface area contributed by atoms with E-state index in [-0.39, 0.29) is 29.7 Å². The second kappa shape index (κ2) is 8.54. The van der Waals surface area contributed by atoms with Crippen molar-refractivity contribution in [1.29, 1.82) is 0 Å². The molecule has 2 aliphatic rings. The predicted molar refractivity (Wildman–Crippen MR) is 118 cm³/mol. The largest absolute Gasteiger partial charge is 0.425 e. The monoisotopic (exact) mass is 461 g/mol. The molecular formula is C24H26F3N3OS. The summed E-state index contributed by atoms with van der Waals surface area (Å²) in [5.41, 5.74) is 1.92. The van der Waals surface area contributed by atoms with Crippen LogP contribution in [0.15, 0.2) is 36.4 Å². The highest BCUT2D eigenvalue weighted by Gasteiger charge is 2.42. The molecule has 3 atom stereocenters. The van der Waals surface area contributed by atoms with E-state index in [4.69, 9.17) is 0 Å². The van der Waals surface area contributed by atoms with Gasteiger partial charge in [0.1, 0.15) is 10.7 Å². The Kier molecular flexibility index (Phi) is 5.73. The number of fused-ring (bicyclic) bond motifs is 1. The van der Waals surface area contributed by atoms with Crippen molar-refractivity contribution in [2.45, 2.75) is 63.1 Å². The SMILES string of the molecule is O=C(C[C@@H]1C[C@@H]1c1nc2ccccc2[nH]1)N[C@H](c1ccc(C(F)(F)F)s1)C1CCCCC1. The fraction of sp³-hybridized carbons (Fsp3) is 0.500. The summed E-state index contributed by atoms with van der Waals surface area (Å²) in [6.45, 7) is 0. The number of carbonyl (C=O) groups excluding carboxylic acids is 1. The third-order valence-corrected chi connectivity index (χ3v) is 7.99. The van der Waals surface area contributed by atoms with Crippen LogP contribution >= 0.6 is 11.3 Å². The first kappa shape index (κ1) is 21.5. The molecule has 2 N–H and O–H groups in total. The van der Waals surface area contributed by atoms with Gasteiger partial charge in [0.15, 0.2) is 0 Å². The second-order valence-corrected chi connectivity index (χ2v) is 10.2. The van der Waals surface area contributed by atoms with Crippen LogP contribution in [0.25, 0.3) is 11.0 Å². The number of rotatable bonds is 6. The van der Waals surface area contributed by atoms with Gasteiger partial charge in [-0.15, -0.1) is 11.3 Å². The number of nitrogens with one attached hydrogen (secondary N) is 2. The lowest BCUT2D eigenvalue weighted by molar-refractivity contribution is -0.134. The number of halogens is 3. The molecule has 0 radical (unpaired) electrons. The number of imidazole rings is 1. The van der Waals surface area contributed by atoms with E-state index < -0.39 is 11.1 Å². The molecule has 0 saturated heterocycles. The minimum atomic E-state index is -4.35. The van der Waals surface area contributed by atoms with Gasteiger partial charge in [-0.1, -0.05) is 31.4 Å². The molecule has 8 heteroatoms. The number of thiophene rings is 1. The van der Waals surface area contributed by atoms with Crippen molar-refractivity contribution in [3.8, 4) is 0 Å². The Balaban J connectivity index is 1.26. The van der Waals surface area contributed by atoms with Gasteiger partial charge in [-0.3, -0.25) is 4.79 Å². The molecule has 2 heterocycles. The first-order valence-electron chi connectivity index (χ1n) is 11.3. The van der Waals surface area contributed by atoms with Crippen LogP contribution in [-0.4, -0.2) is 15.9 Å². The Morgan fingerprint density at radius 2 is 1.94 bits per heavy atom. The standard InChI is InChI=1S/C24H26F3N3OS/c25-24(26,27)20-11-10-19(32-20)22(14-6-2-1-3-7-14)30-21(31)13-15-12-16(15)23-28-17-8-4-5-9-18(17)29-23/h4-5,8-11,14-16,22H,1-3,6-7,12-13H2,(H,28,29)(H,30,31)/t15-,16-,22-/m0/s1. The summed E-state index contributed by atoms with van der Waals surface area (Å²) in [7, 11) is 0. The number of alkyl halides is 3. The summed E-state index contributed by atoms with van der Waals surface area (Å²) < 4.78 is 39.4. The van der Waals surface area contributed by atoms with E-state index in [0.717, 1.165) is 72.8 Å². The highest BCUT2D eigenvalue weighted by molar-refractivity contribution is 7.12. The number of para-hydroxylation sites is 2. The summed E-state index contributed by atoms with van der Waals surface area (Å²) in [6, 6.07) is 10.2. The summed E-state index contributed by atoms with van der Waals surface area (Å²) in [6.07, 6.45) is 2.08. The van der Waals surface area contributed by atoms with Crippen LogP contribution in [0.3, 0.4) is 0 Å². The van der Waals surface area contributed by atoms with Crippen molar-refractivity contribution < 1.29 is 18.0 Å². The van der Waals surface area contributed by atoms with Gasteiger partial charge < -0.3 is 10.3 Å². The van der Waals surface area contributed by atoms with Gasteiger partial charge in [0.2, 0.25) is 5.91 Å². The summed E-state index contributed by atoms with van der Waals surface area (Å²) in [5, 5.41) is 3.11. The van der Waals surface area contributed by atoms with E-state index in [9.17, 15) is 18.0 Å². The van der Waals surface area contributed by atoms with E-state index in [1.807, 2.05) is 24.3 Å². The van der Waals surface area contributed by atoms with E-state index >= 15 is 0 Å². The summed E-state index contributed by atoms with van der Waals surface area (Å²) >= 11 is 0.763. The zero-order chi connectivity index (χ0) is 22.3. The van der Waals surface area contributed by atoms with Crippen LogP contribution in [0.5, 0.6) is 0 Å². The minimum Gasteiger partial charge on any atom is -0.348 e. The Hall–Kier alpha value is -2.35. The van der Waals surface area contributed by atoms with Crippen molar-refractivity contribution in [3.05, 3.63) is 52.0 Å². The summed E-state index contributed by atoms with van der Waals surface area (Å²) in [5.74, 6) is 1.49. The number of nitrogens with zero attached hydrogens (tertiary/aromatic N) is 1. The van der Waals surface area contributed by atoms with Crippen molar-refractivity contribution in [3.63, 3.8) is 0 Å². The summed E-state index contributed by atoms with van der Waals surface area (Å²) in [4.78, 5) is 20.9. The molecule has 3 aromatic rings. The highest BCUT2D eigenvalue weighted by atomic mass is 32.1. The number of hydrogen-bond acceptors (Lipinski definition) is 3. The van der Waals surface area contributed by atoms with Crippen molar-refractivity contribution in [2.75, 3.05) is 0 Å². The highest BCUT2D eigenvalue weighted by Crippen LogP contribution is 2.49. The fourth-order valence-electron chi connectivity index (χ4n) is 4.99. The zero-order valence-corrected chi connectivity index (χ0v) is 18.4. The number of benzene rings is 1. The third-order valence-electron chi connectivity index (χ3n) is 6.78.